The maximum absolute atomic E-state index is 14.1. The van der Waals surface area contributed by atoms with E-state index in [2.05, 4.69) is 34.0 Å². The summed E-state index contributed by atoms with van der Waals surface area (Å²) in [6.07, 6.45) is 3.73. The number of aromatic nitrogens is 2. The van der Waals surface area contributed by atoms with Crippen molar-refractivity contribution < 1.29 is 4.39 Å². The van der Waals surface area contributed by atoms with Crippen molar-refractivity contribution in [3.8, 4) is 0 Å². The summed E-state index contributed by atoms with van der Waals surface area (Å²) in [6, 6.07) is 0.457. The summed E-state index contributed by atoms with van der Waals surface area (Å²) < 4.78 is 14.1. The van der Waals surface area contributed by atoms with Crippen molar-refractivity contribution in [2.24, 2.45) is 5.92 Å². The number of rotatable bonds is 4. The smallest absolute Gasteiger partial charge is 0.186 e. The van der Waals surface area contributed by atoms with Crippen LogP contribution in [0.1, 0.15) is 32.4 Å². The lowest BCUT2D eigenvalue weighted by molar-refractivity contribution is 0.321. The molecule has 19 heavy (non-hydrogen) atoms. The molecule has 1 aliphatic heterocycles. The van der Waals surface area contributed by atoms with E-state index in [-0.39, 0.29) is 5.82 Å². The van der Waals surface area contributed by atoms with Crippen LogP contribution in [-0.2, 0) is 0 Å². The van der Waals surface area contributed by atoms with Crippen LogP contribution in [0.5, 0.6) is 0 Å². The molecule has 2 unspecified atom stereocenters. The summed E-state index contributed by atoms with van der Waals surface area (Å²) in [5, 5.41) is 3.46. The van der Waals surface area contributed by atoms with Gasteiger partial charge in [0.25, 0.3) is 0 Å². The Bertz CT molecular complexity index is 424. The van der Waals surface area contributed by atoms with Crippen molar-refractivity contribution in [3.05, 3.63) is 17.8 Å². The number of aryl methyl sites for hydroxylation is 1. The molecule has 0 spiro atoms. The Labute approximate surface area is 114 Å². The fourth-order valence-corrected chi connectivity index (χ4v) is 2.76. The van der Waals surface area contributed by atoms with E-state index in [1.165, 1.54) is 12.7 Å². The van der Waals surface area contributed by atoms with Crippen LogP contribution in [0.25, 0.3) is 0 Å². The molecule has 1 saturated heterocycles. The lowest BCUT2D eigenvalue weighted by atomic mass is 9.91. The summed E-state index contributed by atoms with van der Waals surface area (Å²) in [5.74, 6) is 0.725. The molecule has 1 aromatic heterocycles. The Hall–Kier alpha value is -1.23. The maximum atomic E-state index is 14.1. The molecule has 0 aliphatic carbocycles. The summed E-state index contributed by atoms with van der Waals surface area (Å²) >= 11 is 0. The molecule has 2 heterocycles. The molecule has 106 valence electrons. The van der Waals surface area contributed by atoms with Crippen LogP contribution in [0, 0.1) is 18.7 Å². The van der Waals surface area contributed by atoms with Crippen molar-refractivity contribution in [2.75, 3.05) is 24.5 Å². The Morgan fingerprint density at radius 3 is 3.05 bits per heavy atom. The molecule has 1 N–H and O–H groups in total. The first-order valence-electron chi connectivity index (χ1n) is 7.09. The Morgan fingerprint density at radius 1 is 1.53 bits per heavy atom. The number of hydrogen-bond donors (Lipinski definition) is 1. The third-order valence-corrected chi connectivity index (χ3v) is 3.94. The lowest BCUT2D eigenvalue weighted by Crippen LogP contribution is -2.45. The maximum Gasteiger partial charge on any atom is 0.186 e. The van der Waals surface area contributed by atoms with Crippen molar-refractivity contribution in [2.45, 2.75) is 39.7 Å². The first-order chi connectivity index (χ1) is 9.13. The molecular formula is C14H23FN4. The molecule has 0 radical (unpaired) electrons. The van der Waals surface area contributed by atoms with E-state index >= 15 is 0 Å². The van der Waals surface area contributed by atoms with Gasteiger partial charge < -0.3 is 10.2 Å². The SMILES string of the molecule is CCNC(C)C1CCCN(c2ncnc(C)c2F)C1. The van der Waals surface area contributed by atoms with Gasteiger partial charge in [-0.1, -0.05) is 6.92 Å². The first kappa shape index (κ1) is 14.2. The molecule has 1 aliphatic rings. The Morgan fingerprint density at radius 2 is 2.32 bits per heavy atom. The summed E-state index contributed by atoms with van der Waals surface area (Å²) in [5.41, 5.74) is 0.423. The molecule has 0 saturated carbocycles. The van der Waals surface area contributed by atoms with E-state index in [0.29, 0.717) is 23.5 Å². The monoisotopic (exact) mass is 266 g/mol. The summed E-state index contributed by atoms with van der Waals surface area (Å²) in [7, 11) is 0. The molecule has 1 fully saturated rings. The minimum atomic E-state index is -0.278. The van der Waals surface area contributed by atoms with Crippen LogP contribution in [-0.4, -0.2) is 35.6 Å². The number of anilines is 1. The van der Waals surface area contributed by atoms with E-state index in [0.717, 1.165) is 26.1 Å². The van der Waals surface area contributed by atoms with Gasteiger partial charge in [-0.2, -0.15) is 0 Å². The molecule has 1 aromatic rings. The van der Waals surface area contributed by atoms with Crippen LogP contribution in [0.15, 0.2) is 6.33 Å². The number of halogens is 1. The second-order valence-electron chi connectivity index (χ2n) is 5.29. The molecule has 2 atom stereocenters. The fraction of sp³-hybridized carbons (Fsp3) is 0.714. The average molecular weight is 266 g/mol. The van der Waals surface area contributed by atoms with Crippen molar-refractivity contribution in [3.63, 3.8) is 0 Å². The Kier molecular flexibility index (Phi) is 4.69. The normalized spacial score (nSPS) is 21.5. The number of hydrogen-bond acceptors (Lipinski definition) is 4. The summed E-state index contributed by atoms with van der Waals surface area (Å²) in [6.45, 7) is 8.72. The quantitative estimate of drug-likeness (QED) is 0.906. The van der Waals surface area contributed by atoms with Gasteiger partial charge in [-0.05, 0) is 39.2 Å². The number of nitrogens with one attached hydrogen (secondary N) is 1. The van der Waals surface area contributed by atoms with Gasteiger partial charge in [0.1, 0.15) is 6.33 Å². The van der Waals surface area contributed by atoms with E-state index in [9.17, 15) is 4.39 Å². The van der Waals surface area contributed by atoms with Crippen LogP contribution >= 0.6 is 0 Å². The highest BCUT2D eigenvalue weighted by molar-refractivity contribution is 5.41. The molecule has 5 heteroatoms. The van der Waals surface area contributed by atoms with Gasteiger partial charge in [-0.15, -0.1) is 0 Å². The fourth-order valence-electron chi connectivity index (χ4n) is 2.76. The van der Waals surface area contributed by atoms with E-state index < -0.39 is 0 Å². The van der Waals surface area contributed by atoms with Crippen LogP contribution < -0.4 is 10.2 Å². The van der Waals surface area contributed by atoms with Gasteiger partial charge in [0.15, 0.2) is 11.6 Å². The van der Waals surface area contributed by atoms with Gasteiger partial charge in [0.2, 0.25) is 0 Å². The van der Waals surface area contributed by atoms with Crippen molar-refractivity contribution in [1.29, 1.82) is 0 Å². The third kappa shape index (κ3) is 3.21. The van der Waals surface area contributed by atoms with Crippen molar-refractivity contribution >= 4 is 5.82 Å². The van der Waals surface area contributed by atoms with Crippen LogP contribution in [0.3, 0.4) is 0 Å². The second kappa shape index (κ2) is 6.28. The molecular weight excluding hydrogens is 243 g/mol. The van der Waals surface area contributed by atoms with Crippen LogP contribution in [0.4, 0.5) is 10.2 Å². The van der Waals surface area contributed by atoms with Gasteiger partial charge in [-0.3, -0.25) is 0 Å². The van der Waals surface area contributed by atoms with Crippen LogP contribution in [0.2, 0.25) is 0 Å². The summed E-state index contributed by atoms with van der Waals surface area (Å²) in [4.78, 5) is 10.1. The first-order valence-corrected chi connectivity index (χ1v) is 7.09. The molecule has 0 bridgehead atoms. The molecule has 0 aromatic carbocycles. The van der Waals surface area contributed by atoms with Crippen molar-refractivity contribution in [1.82, 2.24) is 15.3 Å². The third-order valence-electron chi connectivity index (χ3n) is 3.94. The molecule has 0 amide bonds. The van der Waals surface area contributed by atoms with E-state index in [1.54, 1.807) is 6.92 Å². The lowest BCUT2D eigenvalue weighted by Gasteiger charge is -2.36. The zero-order valence-corrected chi connectivity index (χ0v) is 12.0. The highest BCUT2D eigenvalue weighted by Gasteiger charge is 2.26. The zero-order chi connectivity index (χ0) is 13.8. The van der Waals surface area contributed by atoms with Gasteiger partial charge >= 0.3 is 0 Å². The highest BCUT2D eigenvalue weighted by Crippen LogP contribution is 2.26. The predicted molar refractivity (Wildman–Crippen MR) is 74.8 cm³/mol. The Balaban J connectivity index is 2.10. The topological polar surface area (TPSA) is 41.0 Å². The van der Waals surface area contributed by atoms with Gasteiger partial charge in [0.05, 0.1) is 5.69 Å². The largest absolute Gasteiger partial charge is 0.354 e. The number of piperidine rings is 1. The van der Waals surface area contributed by atoms with Gasteiger partial charge in [0, 0.05) is 19.1 Å². The minimum absolute atomic E-state index is 0.278. The predicted octanol–water partition coefficient (Wildman–Crippen LogP) is 2.14. The second-order valence-corrected chi connectivity index (χ2v) is 5.29. The minimum Gasteiger partial charge on any atom is -0.354 e. The van der Waals surface area contributed by atoms with E-state index in [1.807, 2.05) is 0 Å². The zero-order valence-electron chi connectivity index (χ0n) is 12.0. The molecule has 2 rings (SSSR count). The highest BCUT2D eigenvalue weighted by atomic mass is 19.1. The van der Waals surface area contributed by atoms with E-state index in [4.69, 9.17) is 0 Å². The average Bonchev–Trinajstić information content (AvgIpc) is 2.42. The number of nitrogens with zero attached hydrogens (tertiary/aromatic N) is 3. The standard InChI is InChI=1S/C14H23FN4/c1-4-16-10(2)12-6-5-7-19(8-12)14-13(15)11(3)17-9-18-14/h9-10,12,16H,4-8H2,1-3H3. The molecule has 4 nitrogen and oxygen atoms in total. The van der Waals surface area contributed by atoms with Gasteiger partial charge in [-0.25, -0.2) is 14.4 Å².